The number of fused-ring (bicyclic) bond motifs is 1. The molecule has 1 aliphatic heterocycles. The van der Waals surface area contributed by atoms with Crippen molar-refractivity contribution < 1.29 is 4.74 Å². The van der Waals surface area contributed by atoms with E-state index >= 15 is 0 Å². The van der Waals surface area contributed by atoms with E-state index in [9.17, 15) is 5.26 Å². The van der Waals surface area contributed by atoms with Gasteiger partial charge in [-0.25, -0.2) is 0 Å². The van der Waals surface area contributed by atoms with Gasteiger partial charge in [0.2, 0.25) is 0 Å². The second-order valence-corrected chi connectivity index (χ2v) is 10.8. The molecule has 2 rings (SSSR count). The Hall–Kier alpha value is -1.49. The molecule has 0 spiro atoms. The van der Waals surface area contributed by atoms with Gasteiger partial charge in [-0.15, -0.1) is 0 Å². The van der Waals surface area contributed by atoms with Crippen LogP contribution in [-0.4, -0.2) is 5.60 Å². The first-order valence-electron chi connectivity index (χ1n) is 12.4. The van der Waals surface area contributed by atoms with Gasteiger partial charge in [-0.1, -0.05) is 72.6 Å². The van der Waals surface area contributed by atoms with Crippen molar-refractivity contribution in [3.8, 4) is 11.8 Å². The maximum absolute atomic E-state index is 9.19. The van der Waals surface area contributed by atoms with Crippen molar-refractivity contribution in [1.29, 1.82) is 5.26 Å². The van der Waals surface area contributed by atoms with Crippen LogP contribution >= 0.6 is 0 Å². The van der Waals surface area contributed by atoms with E-state index in [4.69, 9.17) is 4.74 Å². The summed E-state index contributed by atoms with van der Waals surface area (Å²) in [5.74, 6) is 3.57. The van der Waals surface area contributed by atoms with Gasteiger partial charge in [0.1, 0.15) is 11.4 Å². The van der Waals surface area contributed by atoms with Gasteiger partial charge in [-0.3, -0.25) is 0 Å². The van der Waals surface area contributed by atoms with Gasteiger partial charge in [0.25, 0.3) is 0 Å². The second kappa shape index (κ2) is 11.8. The average Bonchev–Trinajstić information content (AvgIpc) is 2.68. The van der Waals surface area contributed by atoms with Crippen LogP contribution < -0.4 is 4.74 Å². The van der Waals surface area contributed by atoms with Crippen molar-refractivity contribution in [2.24, 2.45) is 17.8 Å². The van der Waals surface area contributed by atoms with Gasteiger partial charge in [0.15, 0.2) is 0 Å². The molecular formula is C28H45NO. The van der Waals surface area contributed by atoms with Crippen molar-refractivity contribution in [1.82, 2.24) is 0 Å². The maximum Gasteiger partial charge on any atom is 0.126 e. The molecule has 0 saturated heterocycles. The van der Waals surface area contributed by atoms with Gasteiger partial charge >= 0.3 is 0 Å². The van der Waals surface area contributed by atoms with E-state index in [0.717, 1.165) is 53.9 Å². The number of rotatable bonds is 12. The topological polar surface area (TPSA) is 33.0 Å². The molecule has 1 aromatic rings. The van der Waals surface area contributed by atoms with Crippen LogP contribution in [0.5, 0.6) is 5.75 Å². The number of ether oxygens (including phenoxy) is 1. The summed E-state index contributed by atoms with van der Waals surface area (Å²) in [6, 6.07) is 6.23. The predicted octanol–water partition coefficient (Wildman–Crippen LogP) is 8.39. The van der Waals surface area contributed by atoms with E-state index in [-0.39, 0.29) is 5.60 Å². The van der Waals surface area contributed by atoms with Crippen molar-refractivity contribution in [3.63, 3.8) is 0 Å². The number of nitriles is 1. The zero-order valence-electron chi connectivity index (χ0n) is 20.5. The van der Waals surface area contributed by atoms with Crippen LogP contribution in [0.1, 0.15) is 116 Å². The molecule has 30 heavy (non-hydrogen) atoms. The molecule has 0 bridgehead atoms. The maximum atomic E-state index is 9.19. The summed E-state index contributed by atoms with van der Waals surface area (Å²) in [6.07, 6.45) is 14.1. The number of hydrogen-bond acceptors (Lipinski definition) is 2. The SMILES string of the molecule is Cc1cc(C#N)cc2c1O[C@](C)(CCC[C@H](C)CCC[C@H](C)CCCC(C)C)CC2. The third-order valence-corrected chi connectivity index (χ3v) is 7.03. The molecule has 0 aliphatic carbocycles. The Morgan fingerprint density at radius 2 is 1.57 bits per heavy atom. The van der Waals surface area contributed by atoms with Gasteiger partial charge in [-0.2, -0.15) is 5.26 Å². The molecule has 0 amide bonds. The Morgan fingerprint density at radius 1 is 0.967 bits per heavy atom. The lowest BCUT2D eigenvalue weighted by atomic mass is 9.85. The molecule has 1 aliphatic rings. The third-order valence-electron chi connectivity index (χ3n) is 7.03. The highest BCUT2D eigenvalue weighted by Crippen LogP contribution is 2.39. The zero-order chi connectivity index (χ0) is 22.1. The number of nitrogens with zero attached hydrogens (tertiary/aromatic N) is 1. The number of hydrogen-bond donors (Lipinski definition) is 0. The van der Waals surface area contributed by atoms with Crippen LogP contribution in [0, 0.1) is 36.0 Å². The molecule has 0 N–H and O–H groups in total. The first-order chi connectivity index (χ1) is 14.2. The summed E-state index contributed by atoms with van der Waals surface area (Å²) < 4.78 is 6.49. The molecule has 0 unspecified atom stereocenters. The Morgan fingerprint density at radius 3 is 2.17 bits per heavy atom. The molecule has 168 valence electrons. The van der Waals surface area contributed by atoms with Gasteiger partial charge in [-0.05, 0) is 80.5 Å². The number of benzene rings is 1. The summed E-state index contributed by atoms with van der Waals surface area (Å²) in [5, 5.41) is 9.19. The van der Waals surface area contributed by atoms with E-state index < -0.39 is 0 Å². The highest BCUT2D eigenvalue weighted by atomic mass is 16.5. The molecule has 2 heteroatoms. The standard InChI is InChI=1S/C28H45NO/c1-21(2)10-7-11-22(3)12-8-13-23(4)14-9-16-28(6)17-15-26-19-25(20-29)18-24(5)27(26)30-28/h18-19,21-23H,7-17H2,1-6H3/t22-,23-,28-/m1/s1. The van der Waals surface area contributed by atoms with E-state index in [2.05, 4.69) is 47.6 Å². The van der Waals surface area contributed by atoms with Crippen LogP contribution in [-0.2, 0) is 6.42 Å². The molecule has 2 nitrogen and oxygen atoms in total. The normalized spacial score (nSPS) is 20.3. The smallest absolute Gasteiger partial charge is 0.126 e. The average molecular weight is 412 g/mol. The van der Waals surface area contributed by atoms with E-state index in [0.29, 0.717) is 0 Å². The van der Waals surface area contributed by atoms with Crippen LogP contribution in [0.25, 0.3) is 0 Å². The molecule has 1 aromatic carbocycles. The Kier molecular flexibility index (Phi) is 9.73. The molecule has 0 fully saturated rings. The lowest BCUT2D eigenvalue weighted by molar-refractivity contribution is 0.0516. The minimum absolute atomic E-state index is 0.0590. The van der Waals surface area contributed by atoms with Crippen molar-refractivity contribution in [3.05, 3.63) is 28.8 Å². The van der Waals surface area contributed by atoms with Crippen LogP contribution in [0.15, 0.2) is 12.1 Å². The molecule has 1 heterocycles. The minimum Gasteiger partial charge on any atom is -0.487 e. The van der Waals surface area contributed by atoms with Crippen molar-refractivity contribution in [2.75, 3.05) is 0 Å². The zero-order valence-corrected chi connectivity index (χ0v) is 20.5. The van der Waals surface area contributed by atoms with Gasteiger partial charge < -0.3 is 4.74 Å². The second-order valence-electron chi connectivity index (χ2n) is 10.8. The highest BCUT2D eigenvalue weighted by molar-refractivity contribution is 5.49. The summed E-state index contributed by atoms with van der Waals surface area (Å²) >= 11 is 0. The van der Waals surface area contributed by atoms with Crippen molar-refractivity contribution in [2.45, 2.75) is 118 Å². The van der Waals surface area contributed by atoms with Gasteiger partial charge in [0.05, 0.1) is 11.6 Å². The highest BCUT2D eigenvalue weighted by Gasteiger charge is 2.32. The number of aryl methyl sites for hydroxylation is 2. The summed E-state index contributed by atoms with van der Waals surface area (Å²) in [5.41, 5.74) is 3.00. The van der Waals surface area contributed by atoms with Crippen LogP contribution in [0.2, 0.25) is 0 Å². The monoisotopic (exact) mass is 411 g/mol. The Balaban J connectivity index is 1.68. The van der Waals surface area contributed by atoms with E-state index in [1.165, 1.54) is 56.9 Å². The third kappa shape index (κ3) is 7.98. The lowest BCUT2D eigenvalue weighted by Crippen LogP contribution is -2.36. The fraction of sp³-hybridized carbons (Fsp3) is 0.750. The Bertz CT molecular complexity index is 701. The van der Waals surface area contributed by atoms with Crippen LogP contribution in [0.4, 0.5) is 0 Å². The van der Waals surface area contributed by atoms with E-state index in [1.807, 2.05) is 12.1 Å². The largest absolute Gasteiger partial charge is 0.487 e. The predicted molar refractivity (Wildman–Crippen MR) is 128 cm³/mol. The Labute approximate surface area is 186 Å². The van der Waals surface area contributed by atoms with Crippen molar-refractivity contribution >= 4 is 0 Å². The fourth-order valence-corrected chi connectivity index (χ4v) is 4.92. The van der Waals surface area contributed by atoms with Crippen LogP contribution in [0.3, 0.4) is 0 Å². The molecule has 0 aromatic heterocycles. The fourth-order valence-electron chi connectivity index (χ4n) is 4.92. The minimum atomic E-state index is -0.0590. The quantitative estimate of drug-likeness (QED) is 0.346. The summed E-state index contributed by atoms with van der Waals surface area (Å²) in [4.78, 5) is 0. The molecule has 0 radical (unpaired) electrons. The summed E-state index contributed by atoms with van der Waals surface area (Å²) in [7, 11) is 0. The molecular weight excluding hydrogens is 366 g/mol. The molecule has 0 saturated carbocycles. The lowest BCUT2D eigenvalue weighted by Gasteiger charge is -2.37. The summed E-state index contributed by atoms with van der Waals surface area (Å²) in [6.45, 7) is 13.9. The molecule has 3 atom stereocenters. The first-order valence-corrected chi connectivity index (χ1v) is 12.4. The van der Waals surface area contributed by atoms with E-state index in [1.54, 1.807) is 0 Å². The first kappa shape index (κ1) is 24.8. The van der Waals surface area contributed by atoms with Gasteiger partial charge in [0, 0.05) is 0 Å².